The summed E-state index contributed by atoms with van der Waals surface area (Å²) >= 11 is 7.62. The highest BCUT2D eigenvalue weighted by Gasteiger charge is 2.34. The Bertz CT molecular complexity index is 907. The highest BCUT2D eigenvalue weighted by atomic mass is 32.2. The number of hydrogen-bond donors (Lipinski definition) is 2. The van der Waals surface area contributed by atoms with Crippen molar-refractivity contribution in [3.63, 3.8) is 0 Å². The third kappa shape index (κ3) is 15.1. The number of anilines is 2. The molecule has 3 nitrogen and oxygen atoms in total. The standard InChI is InChI=1S/C23H32N2O.2C4H10S2.C2H6.CH4.2H2S/c1-5-7-9-16-12-19-22(14(3)18(16)6-2)26-23-15(4)21-17(10-8-11-24-21)13-20(23)25-19;2*1-5-3-4-6-2;1-2;;;/h12-13,18-19,24-25H,5-11H2,1-4H3;2*3-4H2,1-2H3;1-2H3;1H4;2*1H2. The second-order valence-electron chi connectivity index (χ2n) is 9.99. The summed E-state index contributed by atoms with van der Waals surface area (Å²) in [5.74, 6) is 7.85. The minimum atomic E-state index is 0. The van der Waals surface area contributed by atoms with Gasteiger partial charge < -0.3 is 15.4 Å². The first-order chi connectivity index (χ1) is 19.5. The summed E-state index contributed by atoms with van der Waals surface area (Å²) in [4.78, 5) is 0. The number of hydrogen-bond acceptors (Lipinski definition) is 7. The van der Waals surface area contributed by atoms with Crippen molar-refractivity contribution in [2.75, 3.05) is 65.2 Å². The van der Waals surface area contributed by atoms with Crippen molar-refractivity contribution < 1.29 is 4.74 Å². The van der Waals surface area contributed by atoms with Crippen LogP contribution in [0.15, 0.2) is 29.0 Å². The summed E-state index contributed by atoms with van der Waals surface area (Å²) in [6.07, 6.45) is 18.2. The van der Waals surface area contributed by atoms with E-state index in [-0.39, 0.29) is 40.5 Å². The van der Waals surface area contributed by atoms with Crippen molar-refractivity contribution >= 4 is 85.4 Å². The average Bonchev–Trinajstić information content (AvgIpc) is 2.99. The minimum absolute atomic E-state index is 0. The van der Waals surface area contributed by atoms with Crippen molar-refractivity contribution in [1.29, 1.82) is 0 Å². The third-order valence-electron chi connectivity index (χ3n) is 7.28. The van der Waals surface area contributed by atoms with Gasteiger partial charge in [-0.25, -0.2) is 0 Å². The Balaban J connectivity index is -0.000000800. The normalized spacial score (nSPS) is 17.0. The first-order valence-electron chi connectivity index (χ1n) is 15.2. The molecule has 0 saturated carbocycles. The fourth-order valence-corrected chi connectivity index (χ4v) is 7.88. The molecule has 1 aromatic carbocycles. The average molecular weight is 711 g/mol. The van der Waals surface area contributed by atoms with Crippen LogP contribution in [-0.2, 0) is 6.42 Å². The molecule has 2 heterocycles. The number of rotatable bonds is 10. The largest absolute Gasteiger partial charge is 0.457 e. The molecule has 2 atom stereocenters. The Morgan fingerprint density at radius 1 is 0.907 bits per heavy atom. The van der Waals surface area contributed by atoms with Gasteiger partial charge >= 0.3 is 0 Å². The molecule has 0 radical (unpaired) electrons. The zero-order valence-electron chi connectivity index (χ0n) is 28.1. The van der Waals surface area contributed by atoms with E-state index in [2.05, 4.69) is 75.5 Å². The molecule has 0 aromatic heterocycles. The van der Waals surface area contributed by atoms with Crippen molar-refractivity contribution in [2.45, 2.75) is 93.5 Å². The summed E-state index contributed by atoms with van der Waals surface area (Å²) in [7, 11) is 0. The van der Waals surface area contributed by atoms with Gasteiger partial charge in [0.05, 0.1) is 5.69 Å². The molecule has 1 aromatic rings. The second-order valence-corrected chi connectivity index (χ2v) is 13.9. The van der Waals surface area contributed by atoms with E-state index in [1.165, 1.54) is 71.1 Å². The summed E-state index contributed by atoms with van der Waals surface area (Å²) < 4.78 is 6.56. The summed E-state index contributed by atoms with van der Waals surface area (Å²) in [5, 5.41) is 7.36. The van der Waals surface area contributed by atoms with Crippen molar-refractivity contribution in [3.8, 4) is 5.75 Å². The molecule has 254 valence electrons. The smallest absolute Gasteiger partial charge is 0.155 e. The lowest BCUT2D eigenvalue weighted by atomic mass is 9.79. The number of ether oxygens (including phenoxy) is 1. The van der Waals surface area contributed by atoms with Gasteiger partial charge in [-0.15, -0.1) is 0 Å². The van der Waals surface area contributed by atoms with E-state index in [1.807, 2.05) is 60.9 Å². The molecule has 0 bridgehead atoms. The SMILES string of the molecule is C.CC.CCCCC1=CC2Nc3cc4c(c(C)c3OC2=C(C)C1CC)NCCC4.CSCCSC.CSCCSC.S.S. The fraction of sp³-hybridized carbons (Fsp3) is 0.706. The molecular weight excluding hydrogens is 645 g/mol. The maximum Gasteiger partial charge on any atom is 0.155 e. The van der Waals surface area contributed by atoms with E-state index in [1.54, 1.807) is 5.57 Å². The molecular formula is C34H66N2OS6. The lowest BCUT2D eigenvalue weighted by Crippen LogP contribution is -2.34. The Morgan fingerprint density at radius 3 is 1.95 bits per heavy atom. The van der Waals surface area contributed by atoms with Crippen molar-refractivity contribution in [3.05, 3.63) is 40.2 Å². The number of benzene rings is 1. The molecule has 0 spiro atoms. The van der Waals surface area contributed by atoms with Gasteiger partial charge in [0.2, 0.25) is 0 Å². The van der Waals surface area contributed by atoms with Crippen LogP contribution in [0.2, 0.25) is 0 Å². The number of aryl methyl sites for hydroxylation is 1. The zero-order chi connectivity index (χ0) is 29.9. The monoisotopic (exact) mass is 710 g/mol. The molecule has 2 unspecified atom stereocenters. The maximum absolute atomic E-state index is 6.56. The van der Waals surface area contributed by atoms with Gasteiger partial charge in [-0.05, 0) is 88.2 Å². The van der Waals surface area contributed by atoms with Gasteiger partial charge in [0.1, 0.15) is 11.8 Å². The Morgan fingerprint density at radius 2 is 1.47 bits per heavy atom. The molecule has 4 rings (SSSR count). The molecule has 2 aliphatic heterocycles. The lowest BCUT2D eigenvalue weighted by Gasteiger charge is -2.38. The molecule has 9 heteroatoms. The van der Waals surface area contributed by atoms with Gasteiger partial charge in [-0.3, -0.25) is 0 Å². The Labute approximate surface area is 298 Å². The minimum Gasteiger partial charge on any atom is -0.457 e. The van der Waals surface area contributed by atoms with Crippen LogP contribution >= 0.6 is 74.0 Å². The number of nitrogens with one attached hydrogen (secondary N) is 2. The second kappa shape index (κ2) is 28.4. The molecule has 2 N–H and O–H groups in total. The number of unbranched alkanes of at least 4 members (excludes halogenated alkanes) is 1. The van der Waals surface area contributed by atoms with Crippen LogP contribution in [0, 0.1) is 12.8 Å². The summed E-state index contributed by atoms with van der Waals surface area (Å²) in [6, 6.07) is 2.49. The predicted octanol–water partition coefficient (Wildman–Crippen LogP) is 11.3. The summed E-state index contributed by atoms with van der Waals surface area (Å²) in [6.45, 7) is 14.1. The van der Waals surface area contributed by atoms with Gasteiger partial charge in [0.25, 0.3) is 0 Å². The van der Waals surface area contributed by atoms with Crippen molar-refractivity contribution in [2.24, 2.45) is 5.92 Å². The number of thioether (sulfide) groups is 4. The molecule has 0 fully saturated rings. The van der Waals surface area contributed by atoms with Gasteiger partial charge in [-0.1, -0.05) is 53.2 Å². The van der Waals surface area contributed by atoms with E-state index < -0.39 is 0 Å². The highest BCUT2D eigenvalue weighted by molar-refractivity contribution is 8.02. The maximum atomic E-state index is 6.56. The van der Waals surface area contributed by atoms with Crippen LogP contribution in [0.3, 0.4) is 0 Å². The molecule has 3 aliphatic rings. The van der Waals surface area contributed by atoms with Gasteiger partial charge in [-0.2, -0.15) is 74.0 Å². The van der Waals surface area contributed by atoms with E-state index in [0.717, 1.165) is 36.6 Å². The van der Waals surface area contributed by atoms with Crippen LogP contribution in [0.5, 0.6) is 5.75 Å². The highest BCUT2D eigenvalue weighted by Crippen LogP contribution is 2.46. The van der Waals surface area contributed by atoms with Gasteiger partial charge in [0, 0.05) is 46.7 Å². The van der Waals surface area contributed by atoms with Crippen LogP contribution in [-0.4, -0.2) is 60.6 Å². The molecule has 0 saturated heterocycles. The quantitative estimate of drug-likeness (QED) is 0.185. The van der Waals surface area contributed by atoms with Crippen LogP contribution < -0.4 is 15.4 Å². The number of fused-ring (bicyclic) bond motifs is 3. The molecule has 1 aliphatic carbocycles. The third-order valence-corrected chi connectivity index (χ3v) is 10.2. The summed E-state index contributed by atoms with van der Waals surface area (Å²) in [5.41, 5.74) is 8.12. The topological polar surface area (TPSA) is 33.3 Å². The Hall–Kier alpha value is 0.200. The first kappa shape index (κ1) is 47.6. The predicted molar refractivity (Wildman–Crippen MR) is 222 cm³/mol. The van der Waals surface area contributed by atoms with Crippen LogP contribution in [0.4, 0.5) is 11.4 Å². The first-order valence-corrected chi connectivity index (χ1v) is 20.8. The fourth-order valence-electron chi connectivity index (χ4n) is 5.21. The zero-order valence-corrected chi connectivity index (χ0v) is 33.4. The van der Waals surface area contributed by atoms with Crippen LogP contribution in [0.1, 0.15) is 85.3 Å². The Kier molecular flexibility index (Phi) is 31.5. The lowest BCUT2D eigenvalue weighted by molar-refractivity contribution is 0.367. The van der Waals surface area contributed by atoms with E-state index in [4.69, 9.17) is 4.74 Å². The van der Waals surface area contributed by atoms with Crippen LogP contribution in [0.25, 0.3) is 0 Å². The molecule has 0 amide bonds. The van der Waals surface area contributed by atoms with E-state index >= 15 is 0 Å². The number of allylic oxidation sites excluding steroid dienone is 2. The van der Waals surface area contributed by atoms with E-state index in [9.17, 15) is 0 Å². The van der Waals surface area contributed by atoms with Crippen molar-refractivity contribution in [1.82, 2.24) is 0 Å². The van der Waals surface area contributed by atoms with Gasteiger partial charge in [0.15, 0.2) is 5.75 Å². The molecule has 43 heavy (non-hydrogen) atoms. The van der Waals surface area contributed by atoms with E-state index in [0.29, 0.717) is 5.92 Å².